The summed E-state index contributed by atoms with van der Waals surface area (Å²) in [7, 11) is 1.37. The Kier molecular flexibility index (Phi) is 3.96. The number of carbonyl (C=O) groups excluding carboxylic acids is 1. The molecule has 0 aromatic heterocycles. The predicted molar refractivity (Wildman–Crippen MR) is 59.6 cm³/mol. The Labute approximate surface area is 96.3 Å². The van der Waals surface area contributed by atoms with E-state index in [9.17, 15) is 4.79 Å². The molecule has 1 aromatic carbocycles. The van der Waals surface area contributed by atoms with Crippen molar-refractivity contribution in [3.63, 3.8) is 0 Å². The Hall–Kier alpha value is -0.540. The summed E-state index contributed by atoms with van der Waals surface area (Å²) in [6.07, 6.45) is 0.259. The zero-order valence-corrected chi connectivity index (χ0v) is 10.3. The van der Waals surface area contributed by atoms with Crippen molar-refractivity contribution in [3.05, 3.63) is 32.8 Å². The summed E-state index contributed by atoms with van der Waals surface area (Å²) in [5.41, 5.74) is 1.84. The highest BCUT2D eigenvalue weighted by Crippen LogP contribution is 2.25. The number of rotatable bonds is 2. The molecule has 2 nitrogen and oxygen atoms in total. The van der Waals surface area contributed by atoms with Crippen LogP contribution in [0.15, 0.2) is 16.6 Å². The van der Waals surface area contributed by atoms with E-state index in [1.165, 1.54) is 7.11 Å². The van der Waals surface area contributed by atoms with E-state index in [1.54, 1.807) is 6.07 Å². The summed E-state index contributed by atoms with van der Waals surface area (Å²) >= 11 is 9.26. The lowest BCUT2D eigenvalue weighted by molar-refractivity contribution is -0.139. The number of aryl methyl sites for hydroxylation is 1. The minimum Gasteiger partial charge on any atom is -0.469 e. The lowest BCUT2D eigenvalue weighted by Crippen LogP contribution is -2.05. The van der Waals surface area contributed by atoms with Crippen molar-refractivity contribution in [1.29, 1.82) is 0 Å². The Morgan fingerprint density at radius 1 is 1.57 bits per heavy atom. The van der Waals surface area contributed by atoms with Crippen LogP contribution in [0.1, 0.15) is 11.1 Å². The van der Waals surface area contributed by atoms with Crippen LogP contribution in [0.3, 0.4) is 0 Å². The largest absolute Gasteiger partial charge is 0.469 e. The number of benzene rings is 1. The molecule has 0 aliphatic carbocycles. The van der Waals surface area contributed by atoms with Crippen molar-refractivity contribution in [2.24, 2.45) is 0 Å². The van der Waals surface area contributed by atoms with Crippen molar-refractivity contribution >= 4 is 33.5 Å². The van der Waals surface area contributed by atoms with E-state index >= 15 is 0 Å². The van der Waals surface area contributed by atoms with Gasteiger partial charge in [0.1, 0.15) is 0 Å². The first-order chi connectivity index (χ1) is 6.54. The number of carbonyl (C=O) groups is 1. The molecule has 0 saturated heterocycles. The molecular formula is C10H10BrClO2. The fourth-order valence-electron chi connectivity index (χ4n) is 1.08. The van der Waals surface area contributed by atoms with E-state index in [4.69, 9.17) is 11.6 Å². The Morgan fingerprint density at radius 3 is 2.79 bits per heavy atom. The second kappa shape index (κ2) is 4.80. The van der Waals surface area contributed by atoms with Crippen molar-refractivity contribution < 1.29 is 9.53 Å². The molecule has 0 heterocycles. The normalized spacial score (nSPS) is 10.0. The van der Waals surface area contributed by atoms with Gasteiger partial charge in [0.2, 0.25) is 0 Å². The van der Waals surface area contributed by atoms with Gasteiger partial charge in [0.15, 0.2) is 0 Å². The molecule has 0 bridgehead atoms. The summed E-state index contributed by atoms with van der Waals surface area (Å²) in [6, 6.07) is 3.67. The molecule has 14 heavy (non-hydrogen) atoms. The van der Waals surface area contributed by atoms with Crippen molar-refractivity contribution in [2.75, 3.05) is 7.11 Å². The molecular weight excluding hydrogens is 267 g/mol. The molecule has 0 radical (unpaired) electrons. The summed E-state index contributed by atoms with van der Waals surface area (Å²) in [4.78, 5) is 11.1. The molecule has 0 fully saturated rings. The number of methoxy groups -OCH3 is 1. The zero-order chi connectivity index (χ0) is 10.7. The zero-order valence-electron chi connectivity index (χ0n) is 7.93. The third-order valence-electron chi connectivity index (χ3n) is 1.89. The van der Waals surface area contributed by atoms with E-state index in [2.05, 4.69) is 20.7 Å². The van der Waals surface area contributed by atoms with Crippen LogP contribution in [-0.4, -0.2) is 13.1 Å². The highest BCUT2D eigenvalue weighted by Gasteiger charge is 2.08. The van der Waals surface area contributed by atoms with Gasteiger partial charge in [-0.3, -0.25) is 4.79 Å². The molecule has 1 aromatic rings. The average molecular weight is 278 g/mol. The van der Waals surface area contributed by atoms with Gasteiger partial charge in [0, 0.05) is 9.50 Å². The second-order valence-corrected chi connectivity index (χ2v) is 4.21. The number of esters is 1. The summed E-state index contributed by atoms with van der Waals surface area (Å²) < 4.78 is 5.42. The maximum atomic E-state index is 11.1. The van der Waals surface area contributed by atoms with Gasteiger partial charge in [-0.2, -0.15) is 0 Å². The molecule has 0 unspecified atom stereocenters. The van der Waals surface area contributed by atoms with Crippen molar-refractivity contribution in [3.8, 4) is 0 Å². The Bertz CT molecular complexity index is 363. The summed E-state index contributed by atoms with van der Waals surface area (Å²) in [5.74, 6) is -0.257. The third-order valence-corrected chi connectivity index (χ3v) is 3.04. The van der Waals surface area contributed by atoms with Crippen molar-refractivity contribution in [1.82, 2.24) is 0 Å². The van der Waals surface area contributed by atoms with Gasteiger partial charge < -0.3 is 4.74 Å². The monoisotopic (exact) mass is 276 g/mol. The van der Waals surface area contributed by atoms with Gasteiger partial charge >= 0.3 is 5.97 Å². The fourth-order valence-corrected chi connectivity index (χ4v) is 1.86. The first-order valence-corrected chi connectivity index (χ1v) is 5.23. The maximum absolute atomic E-state index is 11.1. The van der Waals surface area contributed by atoms with E-state index in [-0.39, 0.29) is 12.4 Å². The number of halogens is 2. The second-order valence-electron chi connectivity index (χ2n) is 2.95. The lowest BCUT2D eigenvalue weighted by Gasteiger charge is -2.06. The van der Waals surface area contributed by atoms with Crippen LogP contribution >= 0.6 is 27.5 Å². The average Bonchev–Trinajstić information content (AvgIpc) is 2.14. The molecule has 0 aliphatic rings. The first kappa shape index (κ1) is 11.5. The quantitative estimate of drug-likeness (QED) is 0.776. The molecule has 0 atom stereocenters. The van der Waals surface area contributed by atoms with Gasteiger partial charge in [-0.25, -0.2) is 0 Å². The maximum Gasteiger partial charge on any atom is 0.310 e. The van der Waals surface area contributed by atoms with Gasteiger partial charge in [-0.05, 0) is 24.1 Å². The van der Waals surface area contributed by atoms with E-state index < -0.39 is 0 Å². The Balaban J connectivity index is 2.98. The smallest absolute Gasteiger partial charge is 0.310 e. The van der Waals surface area contributed by atoms with E-state index in [1.807, 2.05) is 13.0 Å². The van der Waals surface area contributed by atoms with Crippen LogP contribution in [0.2, 0.25) is 5.02 Å². The molecule has 0 spiro atoms. The molecule has 4 heteroatoms. The highest BCUT2D eigenvalue weighted by atomic mass is 79.9. The standard InChI is InChI=1S/C10H10BrClO2/c1-6-3-7(4-10(13)14-2)8(11)5-9(6)12/h3,5H,4H2,1-2H3. The van der Waals surface area contributed by atoms with Crippen LogP contribution in [-0.2, 0) is 16.0 Å². The molecule has 0 amide bonds. The van der Waals surface area contributed by atoms with E-state index in [0.29, 0.717) is 5.02 Å². The first-order valence-electron chi connectivity index (χ1n) is 4.06. The molecule has 1 rings (SSSR count). The Morgan fingerprint density at radius 2 is 2.21 bits per heavy atom. The van der Waals surface area contributed by atoms with Crippen LogP contribution in [0.5, 0.6) is 0 Å². The highest BCUT2D eigenvalue weighted by molar-refractivity contribution is 9.10. The van der Waals surface area contributed by atoms with Crippen LogP contribution < -0.4 is 0 Å². The van der Waals surface area contributed by atoms with Gasteiger partial charge in [-0.1, -0.05) is 33.6 Å². The van der Waals surface area contributed by atoms with Crippen molar-refractivity contribution in [2.45, 2.75) is 13.3 Å². The lowest BCUT2D eigenvalue weighted by atomic mass is 10.1. The fraction of sp³-hybridized carbons (Fsp3) is 0.300. The molecule has 0 aliphatic heterocycles. The predicted octanol–water partition coefficient (Wildman–Crippen LogP) is 3.13. The summed E-state index contributed by atoms with van der Waals surface area (Å²) in [5, 5.41) is 0.686. The van der Waals surface area contributed by atoms with E-state index in [0.717, 1.165) is 15.6 Å². The number of hydrogen-bond donors (Lipinski definition) is 0. The number of hydrogen-bond acceptors (Lipinski definition) is 2. The van der Waals surface area contributed by atoms with Gasteiger partial charge in [-0.15, -0.1) is 0 Å². The molecule has 0 N–H and O–H groups in total. The third kappa shape index (κ3) is 2.72. The van der Waals surface area contributed by atoms with Crippen LogP contribution in [0.4, 0.5) is 0 Å². The SMILES string of the molecule is COC(=O)Cc1cc(C)c(Cl)cc1Br. The molecule has 76 valence electrons. The van der Waals surface area contributed by atoms with Crippen LogP contribution in [0.25, 0.3) is 0 Å². The topological polar surface area (TPSA) is 26.3 Å². The number of ether oxygens (including phenoxy) is 1. The van der Waals surface area contributed by atoms with Gasteiger partial charge in [0.25, 0.3) is 0 Å². The van der Waals surface area contributed by atoms with Gasteiger partial charge in [0.05, 0.1) is 13.5 Å². The van der Waals surface area contributed by atoms with Crippen LogP contribution in [0, 0.1) is 6.92 Å². The minimum atomic E-state index is -0.257. The molecule has 0 saturated carbocycles. The summed E-state index contributed by atoms with van der Waals surface area (Å²) in [6.45, 7) is 1.90. The minimum absolute atomic E-state index is 0.257.